The zero-order valence-electron chi connectivity index (χ0n) is 8.90. The molecule has 0 saturated heterocycles. The van der Waals surface area contributed by atoms with Crippen LogP contribution in [0.5, 0.6) is 0 Å². The van der Waals surface area contributed by atoms with Crippen molar-refractivity contribution in [3.8, 4) is 0 Å². The fourth-order valence-corrected chi connectivity index (χ4v) is 2.37. The molecule has 2 aromatic rings. The van der Waals surface area contributed by atoms with Crippen LogP contribution < -0.4 is 5.73 Å². The van der Waals surface area contributed by atoms with Crippen LogP contribution in [0, 0.1) is 0 Å². The number of benzene rings is 1. The first-order valence-electron chi connectivity index (χ1n) is 5.38. The standard InChI is InChI=1S/C12H15N3/c1-15-11-4-2-3-10(9(11)7-14-15)12(8-13)5-6-12/h2-4,7H,5-6,8,13H2,1H3. The van der Waals surface area contributed by atoms with Crippen molar-refractivity contribution in [3.05, 3.63) is 30.0 Å². The van der Waals surface area contributed by atoms with Crippen LogP contribution in [-0.4, -0.2) is 16.3 Å². The molecule has 1 heterocycles. The van der Waals surface area contributed by atoms with Crippen molar-refractivity contribution in [2.24, 2.45) is 12.8 Å². The van der Waals surface area contributed by atoms with Crippen molar-refractivity contribution in [2.45, 2.75) is 18.3 Å². The lowest BCUT2D eigenvalue weighted by Gasteiger charge is -2.13. The SMILES string of the molecule is Cn1ncc2c(C3(CN)CC3)cccc21. The molecule has 78 valence electrons. The summed E-state index contributed by atoms with van der Waals surface area (Å²) in [5.41, 5.74) is 8.71. The number of aryl methyl sites for hydroxylation is 1. The highest BCUT2D eigenvalue weighted by Gasteiger charge is 2.43. The van der Waals surface area contributed by atoms with Gasteiger partial charge in [0.2, 0.25) is 0 Å². The molecule has 15 heavy (non-hydrogen) atoms. The molecule has 1 aromatic heterocycles. The molecule has 3 heteroatoms. The van der Waals surface area contributed by atoms with E-state index in [1.807, 2.05) is 17.9 Å². The Balaban J connectivity index is 2.27. The summed E-state index contributed by atoms with van der Waals surface area (Å²) in [6, 6.07) is 6.41. The van der Waals surface area contributed by atoms with E-state index >= 15 is 0 Å². The first-order chi connectivity index (χ1) is 7.27. The molecule has 0 atom stereocenters. The van der Waals surface area contributed by atoms with Gasteiger partial charge in [-0.3, -0.25) is 4.68 Å². The number of nitrogens with two attached hydrogens (primary N) is 1. The van der Waals surface area contributed by atoms with Crippen LogP contribution in [0.1, 0.15) is 18.4 Å². The van der Waals surface area contributed by atoms with E-state index in [1.54, 1.807) is 0 Å². The van der Waals surface area contributed by atoms with Crippen molar-refractivity contribution in [2.75, 3.05) is 6.54 Å². The zero-order chi connectivity index (χ0) is 10.5. The minimum Gasteiger partial charge on any atom is -0.330 e. The highest BCUT2D eigenvalue weighted by molar-refractivity contribution is 5.84. The van der Waals surface area contributed by atoms with Gasteiger partial charge in [0.15, 0.2) is 0 Å². The summed E-state index contributed by atoms with van der Waals surface area (Å²) in [5.74, 6) is 0. The molecule has 1 aliphatic rings. The van der Waals surface area contributed by atoms with Crippen LogP contribution >= 0.6 is 0 Å². The second-order valence-electron chi connectivity index (χ2n) is 4.49. The second kappa shape index (κ2) is 2.83. The normalized spacial score (nSPS) is 18.3. The largest absolute Gasteiger partial charge is 0.330 e. The van der Waals surface area contributed by atoms with Gasteiger partial charge in [0.25, 0.3) is 0 Å². The summed E-state index contributed by atoms with van der Waals surface area (Å²) in [6.45, 7) is 0.751. The van der Waals surface area contributed by atoms with Gasteiger partial charge >= 0.3 is 0 Å². The molecule has 1 aliphatic carbocycles. The molecule has 0 spiro atoms. The van der Waals surface area contributed by atoms with Crippen LogP contribution in [-0.2, 0) is 12.5 Å². The smallest absolute Gasteiger partial charge is 0.0682 e. The van der Waals surface area contributed by atoms with Crippen molar-refractivity contribution in [1.82, 2.24) is 9.78 Å². The zero-order valence-corrected chi connectivity index (χ0v) is 8.90. The number of rotatable bonds is 2. The Kier molecular flexibility index (Phi) is 1.68. The number of hydrogen-bond acceptors (Lipinski definition) is 2. The average Bonchev–Trinajstić information content (AvgIpc) is 2.98. The van der Waals surface area contributed by atoms with E-state index in [0.29, 0.717) is 0 Å². The summed E-state index contributed by atoms with van der Waals surface area (Å²) in [7, 11) is 1.98. The number of aromatic nitrogens is 2. The van der Waals surface area contributed by atoms with E-state index in [2.05, 4.69) is 23.3 Å². The second-order valence-corrected chi connectivity index (χ2v) is 4.49. The molecule has 3 nitrogen and oxygen atoms in total. The fourth-order valence-electron chi connectivity index (χ4n) is 2.37. The Morgan fingerprint density at radius 2 is 2.27 bits per heavy atom. The highest BCUT2D eigenvalue weighted by atomic mass is 15.2. The van der Waals surface area contributed by atoms with Gasteiger partial charge in [-0.2, -0.15) is 5.10 Å². The third kappa shape index (κ3) is 1.13. The number of nitrogens with zero attached hydrogens (tertiary/aromatic N) is 2. The molecular weight excluding hydrogens is 186 g/mol. The fraction of sp³-hybridized carbons (Fsp3) is 0.417. The topological polar surface area (TPSA) is 43.8 Å². The Morgan fingerprint density at radius 3 is 2.93 bits per heavy atom. The molecule has 2 N–H and O–H groups in total. The average molecular weight is 201 g/mol. The van der Waals surface area contributed by atoms with Crippen molar-refractivity contribution >= 4 is 10.9 Å². The Bertz CT molecular complexity index is 509. The quantitative estimate of drug-likeness (QED) is 0.801. The minimum absolute atomic E-state index is 0.253. The minimum atomic E-state index is 0.253. The summed E-state index contributed by atoms with van der Waals surface area (Å²) in [6.07, 6.45) is 4.40. The van der Waals surface area contributed by atoms with Crippen molar-refractivity contribution in [1.29, 1.82) is 0 Å². The lowest BCUT2D eigenvalue weighted by Crippen LogP contribution is -2.19. The van der Waals surface area contributed by atoms with Gasteiger partial charge in [-0.1, -0.05) is 12.1 Å². The Labute approximate surface area is 88.9 Å². The van der Waals surface area contributed by atoms with Gasteiger partial charge in [-0.25, -0.2) is 0 Å². The van der Waals surface area contributed by atoms with E-state index in [9.17, 15) is 0 Å². The molecular formula is C12H15N3. The summed E-state index contributed by atoms with van der Waals surface area (Å²) >= 11 is 0. The first-order valence-corrected chi connectivity index (χ1v) is 5.38. The monoisotopic (exact) mass is 201 g/mol. The molecule has 1 saturated carbocycles. The molecule has 0 radical (unpaired) electrons. The van der Waals surface area contributed by atoms with E-state index < -0.39 is 0 Å². The summed E-state index contributed by atoms with van der Waals surface area (Å²) in [5, 5.41) is 5.57. The molecule has 0 unspecified atom stereocenters. The maximum atomic E-state index is 5.87. The molecule has 1 aromatic carbocycles. The van der Waals surface area contributed by atoms with Crippen LogP contribution in [0.3, 0.4) is 0 Å². The molecule has 0 amide bonds. The lowest BCUT2D eigenvalue weighted by molar-refractivity contribution is 0.711. The maximum Gasteiger partial charge on any atom is 0.0682 e. The van der Waals surface area contributed by atoms with Crippen LogP contribution in [0.15, 0.2) is 24.4 Å². The molecule has 0 aliphatic heterocycles. The predicted molar refractivity (Wildman–Crippen MR) is 60.7 cm³/mol. The third-order valence-electron chi connectivity index (χ3n) is 3.61. The summed E-state index contributed by atoms with van der Waals surface area (Å²) < 4.78 is 1.92. The summed E-state index contributed by atoms with van der Waals surface area (Å²) in [4.78, 5) is 0. The number of fused-ring (bicyclic) bond motifs is 1. The molecule has 1 fully saturated rings. The highest BCUT2D eigenvalue weighted by Crippen LogP contribution is 2.49. The van der Waals surface area contributed by atoms with Gasteiger partial charge in [0.1, 0.15) is 0 Å². The molecule has 0 bridgehead atoms. The maximum absolute atomic E-state index is 5.87. The van der Waals surface area contributed by atoms with E-state index in [-0.39, 0.29) is 5.41 Å². The van der Waals surface area contributed by atoms with Gasteiger partial charge in [-0.15, -0.1) is 0 Å². The van der Waals surface area contributed by atoms with Gasteiger partial charge in [-0.05, 0) is 24.5 Å². The van der Waals surface area contributed by atoms with Crippen LogP contribution in [0.4, 0.5) is 0 Å². The van der Waals surface area contributed by atoms with Gasteiger partial charge in [0.05, 0.1) is 11.7 Å². The Hall–Kier alpha value is -1.35. The predicted octanol–water partition coefficient (Wildman–Crippen LogP) is 1.56. The lowest BCUT2D eigenvalue weighted by atomic mass is 9.93. The van der Waals surface area contributed by atoms with E-state index in [1.165, 1.54) is 29.3 Å². The van der Waals surface area contributed by atoms with E-state index in [0.717, 1.165) is 6.54 Å². The first kappa shape index (κ1) is 8.92. The third-order valence-corrected chi connectivity index (χ3v) is 3.61. The molecule has 3 rings (SSSR count). The van der Waals surface area contributed by atoms with Crippen molar-refractivity contribution < 1.29 is 0 Å². The Morgan fingerprint density at radius 1 is 1.47 bits per heavy atom. The number of hydrogen-bond donors (Lipinski definition) is 1. The van der Waals surface area contributed by atoms with Gasteiger partial charge < -0.3 is 5.73 Å². The van der Waals surface area contributed by atoms with Gasteiger partial charge in [0, 0.05) is 24.4 Å². The van der Waals surface area contributed by atoms with Crippen molar-refractivity contribution in [3.63, 3.8) is 0 Å². The van der Waals surface area contributed by atoms with E-state index in [4.69, 9.17) is 5.73 Å². The van der Waals surface area contributed by atoms with Crippen LogP contribution in [0.25, 0.3) is 10.9 Å². The van der Waals surface area contributed by atoms with Crippen LogP contribution in [0.2, 0.25) is 0 Å².